The van der Waals surface area contributed by atoms with Crippen LogP contribution in [0.5, 0.6) is 0 Å². The van der Waals surface area contributed by atoms with E-state index in [0.29, 0.717) is 11.6 Å². The molecule has 6 nitrogen and oxygen atoms in total. The molecule has 0 bridgehead atoms. The molecule has 7 heteroatoms. The molecule has 0 radical (unpaired) electrons. The lowest BCUT2D eigenvalue weighted by atomic mass is 10.1. The van der Waals surface area contributed by atoms with E-state index in [4.69, 9.17) is 0 Å². The van der Waals surface area contributed by atoms with E-state index < -0.39 is 0 Å². The summed E-state index contributed by atoms with van der Waals surface area (Å²) in [6, 6.07) is 8.63. The summed E-state index contributed by atoms with van der Waals surface area (Å²) in [5.41, 5.74) is 1.78. The zero-order valence-corrected chi connectivity index (χ0v) is 12.6. The zero-order chi connectivity index (χ0) is 14.7. The van der Waals surface area contributed by atoms with Gasteiger partial charge in [-0.1, -0.05) is 13.0 Å². The van der Waals surface area contributed by atoms with Crippen molar-refractivity contribution < 1.29 is 0 Å². The first-order valence-corrected chi connectivity index (χ1v) is 7.83. The number of nitrogens with one attached hydrogen (secondary N) is 1. The lowest BCUT2D eigenvalue weighted by Crippen LogP contribution is -2.11. The summed E-state index contributed by atoms with van der Waals surface area (Å²) >= 11 is 1.46. The van der Waals surface area contributed by atoms with E-state index in [2.05, 4.69) is 33.8 Å². The first kappa shape index (κ1) is 14.0. The van der Waals surface area contributed by atoms with E-state index in [9.17, 15) is 5.26 Å². The Morgan fingerprint density at radius 3 is 3.05 bits per heavy atom. The van der Waals surface area contributed by atoms with Crippen LogP contribution in [0, 0.1) is 11.3 Å². The second-order valence-corrected chi connectivity index (χ2v) is 5.97. The predicted octanol–water partition coefficient (Wildman–Crippen LogP) is 2.14. The van der Waals surface area contributed by atoms with Crippen molar-refractivity contribution >= 4 is 11.8 Å². The topological polar surface area (TPSA) is 79.4 Å². The third kappa shape index (κ3) is 3.23. The van der Waals surface area contributed by atoms with Gasteiger partial charge in [-0.25, -0.2) is 4.68 Å². The molecule has 0 aliphatic heterocycles. The molecular formula is C14H16N6S. The number of hydrogen-bond donors (Lipinski definition) is 1. The number of rotatable bonds is 6. The molecule has 1 aliphatic rings. The minimum absolute atomic E-state index is 0.432. The van der Waals surface area contributed by atoms with Crippen molar-refractivity contribution in [3.8, 4) is 6.07 Å². The van der Waals surface area contributed by atoms with Crippen LogP contribution >= 0.6 is 11.8 Å². The number of benzene rings is 1. The molecule has 3 rings (SSSR count). The number of tetrazole rings is 1. The third-order valence-electron chi connectivity index (χ3n) is 3.30. The molecule has 2 aromatic rings. The van der Waals surface area contributed by atoms with Gasteiger partial charge in [-0.05, 0) is 59.3 Å². The maximum atomic E-state index is 9.35. The minimum atomic E-state index is 0.432. The molecule has 0 unspecified atom stereocenters. The summed E-state index contributed by atoms with van der Waals surface area (Å²) in [6.07, 6.45) is 2.26. The highest BCUT2D eigenvalue weighted by Crippen LogP contribution is 2.38. The van der Waals surface area contributed by atoms with Crippen LogP contribution in [0.2, 0.25) is 0 Å². The van der Waals surface area contributed by atoms with Crippen LogP contribution in [0.3, 0.4) is 0 Å². The molecule has 1 aromatic carbocycles. The summed E-state index contributed by atoms with van der Waals surface area (Å²) in [5, 5.41) is 25.2. The first-order chi connectivity index (χ1) is 10.3. The molecule has 1 N–H and O–H groups in total. The quantitative estimate of drug-likeness (QED) is 0.880. The van der Waals surface area contributed by atoms with Crippen molar-refractivity contribution in [2.75, 3.05) is 6.54 Å². The molecule has 21 heavy (non-hydrogen) atoms. The van der Waals surface area contributed by atoms with Crippen molar-refractivity contribution in [2.45, 2.75) is 42.4 Å². The summed E-state index contributed by atoms with van der Waals surface area (Å²) in [5.74, 6) is 0. The van der Waals surface area contributed by atoms with E-state index in [1.807, 2.05) is 22.9 Å². The van der Waals surface area contributed by atoms with Crippen molar-refractivity contribution in [1.29, 1.82) is 5.26 Å². The van der Waals surface area contributed by atoms with Gasteiger partial charge in [0.2, 0.25) is 5.16 Å². The highest BCUT2D eigenvalue weighted by atomic mass is 32.2. The molecule has 108 valence electrons. The molecule has 1 saturated carbocycles. The number of nitriles is 1. The van der Waals surface area contributed by atoms with Crippen molar-refractivity contribution in [3.05, 3.63) is 29.3 Å². The molecule has 0 spiro atoms. The number of nitrogens with zero attached hydrogens (tertiary/aromatic N) is 5. The van der Waals surface area contributed by atoms with E-state index >= 15 is 0 Å². The predicted molar refractivity (Wildman–Crippen MR) is 78.7 cm³/mol. The minimum Gasteiger partial charge on any atom is -0.313 e. The van der Waals surface area contributed by atoms with E-state index in [1.165, 1.54) is 11.8 Å². The Bertz CT molecular complexity index is 670. The van der Waals surface area contributed by atoms with Crippen LogP contribution in [0.15, 0.2) is 28.3 Å². The highest BCUT2D eigenvalue weighted by molar-refractivity contribution is 7.99. The van der Waals surface area contributed by atoms with Gasteiger partial charge in [-0.3, -0.25) is 0 Å². The fraction of sp³-hybridized carbons (Fsp3) is 0.429. The van der Waals surface area contributed by atoms with Gasteiger partial charge in [0, 0.05) is 11.4 Å². The number of hydrogen-bond acceptors (Lipinski definition) is 6. The standard InChI is InChI=1S/C14H16N6S/c1-2-16-9-10-3-6-13(11(7-10)8-15)21-14-17-18-19-20(14)12-4-5-12/h3,6-7,12,16H,2,4-5,9H2,1H3. The van der Waals surface area contributed by atoms with Gasteiger partial charge in [0.15, 0.2) is 0 Å². The highest BCUT2D eigenvalue weighted by Gasteiger charge is 2.28. The second kappa shape index (κ2) is 6.24. The molecular weight excluding hydrogens is 284 g/mol. The maximum absolute atomic E-state index is 9.35. The lowest BCUT2D eigenvalue weighted by Gasteiger charge is -2.07. The van der Waals surface area contributed by atoms with Gasteiger partial charge in [-0.15, -0.1) is 5.10 Å². The van der Waals surface area contributed by atoms with Gasteiger partial charge in [-0.2, -0.15) is 5.26 Å². The van der Waals surface area contributed by atoms with Crippen LogP contribution in [0.25, 0.3) is 0 Å². The van der Waals surface area contributed by atoms with Crippen LogP contribution in [-0.2, 0) is 6.54 Å². The fourth-order valence-electron chi connectivity index (χ4n) is 2.03. The van der Waals surface area contributed by atoms with Crippen molar-refractivity contribution in [2.24, 2.45) is 0 Å². The normalized spacial score (nSPS) is 14.1. The van der Waals surface area contributed by atoms with Gasteiger partial charge < -0.3 is 5.32 Å². The van der Waals surface area contributed by atoms with E-state index in [1.54, 1.807) is 0 Å². The summed E-state index contributed by atoms with van der Waals surface area (Å²) in [4.78, 5) is 0.898. The van der Waals surface area contributed by atoms with Crippen LogP contribution in [-0.4, -0.2) is 26.8 Å². The van der Waals surface area contributed by atoms with Crippen LogP contribution in [0.1, 0.15) is 36.9 Å². The molecule has 1 aromatic heterocycles. The fourth-order valence-corrected chi connectivity index (χ4v) is 2.94. The maximum Gasteiger partial charge on any atom is 0.214 e. The van der Waals surface area contributed by atoms with Crippen LogP contribution < -0.4 is 5.32 Å². The van der Waals surface area contributed by atoms with Gasteiger partial charge in [0.05, 0.1) is 11.6 Å². The Balaban J connectivity index is 1.81. The van der Waals surface area contributed by atoms with Crippen molar-refractivity contribution in [1.82, 2.24) is 25.5 Å². The molecule has 0 amide bonds. The largest absolute Gasteiger partial charge is 0.313 e. The molecule has 0 saturated heterocycles. The zero-order valence-electron chi connectivity index (χ0n) is 11.8. The summed E-state index contributed by atoms with van der Waals surface area (Å²) < 4.78 is 1.86. The Kier molecular flexibility index (Phi) is 4.18. The van der Waals surface area contributed by atoms with Gasteiger partial charge in [0.25, 0.3) is 0 Å². The summed E-state index contributed by atoms with van der Waals surface area (Å²) in [7, 11) is 0. The van der Waals surface area contributed by atoms with Crippen LogP contribution in [0.4, 0.5) is 0 Å². The molecule has 1 heterocycles. The third-order valence-corrected chi connectivity index (χ3v) is 4.33. The molecule has 1 aliphatic carbocycles. The number of aromatic nitrogens is 4. The monoisotopic (exact) mass is 300 g/mol. The van der Waals surface area contributed by atoms with Gasteiger partial charge in [0.1, 0.15) is 6.07 Å². The Morgan fingerprint density at radius 2 is 2.33 bits per heavy atom. The Labute approximate surface area is 127 Å². The first-order valence-electron chi connectivity index (χ1n) is 7.01. The summed E-state index contributed by atoms with van der Waals surface area (Å²) in [6.45, 7) is 3.75. The molecule has 1 fully saturated rings. The smallest absolute Gasteiger partial charge is 0.214 e. The second-order valence-electron chi connectivity index (χ2n) is 4.96. The lowest BCUT2D eigenvalue weighted by molar-refractivity contribution is 0.565. The SMILES string of the molecule is CCNCc1ccc(Sc2nnnn2C2CC2)c(C#N)c1. The van der Waals surface area contributed by atoms with Gasteiger partial charge >= 0.3 is 0 Å². The Morgan fingerprint density at radius 1 is 1.48 bits per heavy atom. The molecule has 0 atom stereocenters. The van der Waals surface area contributed by atoms with E-state index in [-0.39, 0.29) is 0 Å². The van der Waals surface area contributed by atoms with Crippen molar-refractivity contribution in [3.63, 3.8) is 0 Å². The Hall–Kier alpha value is -1.91. The average molecular weight is 300 g/mol. The average Bonchev–Trinajstić information content (AvgIpc) is 3.26. The van der Waals surface area contributed by atoms with E-state index in [0.717, 1.165) is 41.5 Å².